The van der Waals surface area contributed by atoms with Crippen molar-refractivity contribution in [3.63, 3.8) is 0 Å². The largest absolute Gasteiger partial charge is 0.481 e. The van der Waals surface area contributed by atoms with Gasteiger partial charge in [-0.2, -0.15) is 0 Å². The summed E-state index contributed by atoms with van der Waals surface area (Å²) >= 11 is 0. The van der Waals surface area contributed by atoms with Gasteiger partial charge in [-0.1, -0.05) is 25.8 Å². The summed E-state index contributed by atoms with van der Waals surface area (Å²) in [5, 5.41) is 13.1. The molecule has 0 aromatic heterocycles. The number of carboxylic acid groups (broad SMARTS) is 1. The monoisotopic (exact) mass is 316 g/mol. The summed E-state index contributed by atoms with van der Waals surface area (Å²) in [6.07, 6.45) is 3.99. The van der Waals surface area contributed by atoms with Crippen LogP contribution < -0.4 is 5.01 Å². The number of rotatable bonds is 14. The van der Waals surface area contributed by atoms with Crippen molar-refractivity contribution in [2.45, 2.75) is 59.3 Å². The molecule has 1 radical (unpaired) electrons. The van der Waals surface area contributed by atoms with E-state index in [1.165, 1.54) is 0 Å². The number of carboxylic acids is 1. The van der Waals surface area contributed by atoms with Crippen molar-refractivity contribution in [2.24, 2.45) is 0 Å². The van der Waals surface area contributed by atoms with Gasteiger partial charge in [0.2, 0.25) is 0 Å². The Bertz CT molecular complexity index is 311. The fourth-order valence-corrected chi connectivity index (χ4v) is 2.23. The predicted molar refractivity (Wildman–Crippen MR) is 86.8 cm³/mol. The number of hydrogen-bond acceptors (Lipinski definition) is 5. The lowest BCUT2D eigenvalue weighted by molar-refractivity contribution is -0.144. The SMILES string of the molecule is CCCOC(=O)CCN(CCC)[N+](CCC)CCCC(=O)O. The first-order valence-electron chi connectivity index (χ1n) is 8.42. The van der Waals surface area contributed by atoms with E-state index >= 15 is 0 Å². The Kier molecular flexibility index (Phi) is 12.8. The van der Waals surface area contributed by atoms with Crippen LogP contribution >= 0.6 is 0 Å². The average molecular weight is 316 g/mol. The number of hydrogen-bond donors (Lipinski definition) is 1. The highest BCUT2D eigenvalue weighted by atomic mass is 16.5. The highest BCUT2D eigenvalue weighted by Gasteiger charge is 2.25. The Hall–Kier alpha value is -1.14. The van der Waals surface area contributed by atoms with Gasteiger partial charge in [0.15, 0.2) is 0 Å². The van der Waals surface area contributed by atoms with Crippen LogP contribution in [0.3, 0.4) is 0 Å². The van der Waals surface area contributed by atoms with Gasteiger partial charge in [0.1, 0.15) is 13.1 Å². The van der Waals surface area contributed by atoms with Gasteiger partial charge in [-0.15, -0.1) is 5.01 Å². The minimum atomic E-state index is -0.762. The van der Waals surface area contributed by atoms with Crippen LogP contribution in [0.1, 0.15) is 59.3 Å². The number of esters is 1. The molecule has 1 N–H and O–H groups in total. The Balaban J connectivity index is 4.40. The summed E-state index contributed by atoms with van der Waals surface area (Å²) in [5.41, 5.74) is 0. The number of nitrogens with zero attached hydrogens (tertiary/aromatic N) is 2. The molecule has 6 nitrogen and oxygen atoms in total. The van der Waals surface area contributed by atoms with Crippen LogP contribution in [0.5, 0.6) is 0 Å². The Morgan fingerprint density at radius 1 is 1.00 bits per heavy atom. The molecular weight excluding hydrogens is 284 g/mol. The Morgan fingerprint density at radius 3 is 2.27 bits per heavy atom. The maximum atomic E-state index is 11.6. The lowest BCUT2D eigenvalue weighted by Crippen LogP contribution is -2.50. The highest BCUT2D eigenvalue weighted by molar-refractivity contribution is 5.69. The van der Waals surface area contributed by atoms with E-state index in [2.05, 4.69) is 23.9 Å². The third-order valence-electron chi connectivity index (χ3n) is 3.21. The van der Waals surface area contributed by atoms with E-state index in [0.717, 1.165) is 32.4 Å². The minimum Gasteiger partial charge on any atom is -0.481 e. The summed E-state index contributed by atoms with van der Waals surface area (Å²) in [7, 11) is 0. The molecule has 0 spiro atoms. The smallest absolute Gasteiger partial charge is 0.307 e. The molecule has 0 aromatic rings. The van der Waals surface area contributed by atoms with E-state index in [-0.39, 0.29) is 12.4 Å². The van der Waals surface area contributed by atoms with E-state index in [1.54, 1.807) is 0 Å². The lowest BCUT2D eigenvalue weighted by atomic mass is 10.3. The summed E-state index contributed by atoms with van der Waals surface area (Å²) in [6.45, 7) is 9.74. The first-order valence-corrected chi connectivity index (χ1v) is 8.42. The van der Waals surface area contributed by atoms with Crippen LogP contribution in [0.25, 0.3) is 0 Å². The van der Waals surface area contributed by atoms with Crippen molar-refractivity contribution < 1.29 is 19.4 Å². The zero-order valence-corrected chi connectivity index (χ0v) is 14.3. The molecule has 0 aliphatic rings. The van der Waals surface area contributed by atoms with Gasteiger partial charge < -0.3 is 9.84 Å². The molecule has 0 unspecified atom stereocenters. The average Bonchev–Trinajstić information content (AvgIpc) is 2.48. The van der Waals surface area contributed by atoms with Gasteiger partial charge in [0.25, 0.3) is 0 Å². The third kappa shape index (κ3) is 10.6. The van der Waals surface area contributed by atoms with Gasteiger partial charge in [0.05, 0.1) is 32.5 Å². The molecule has 0 heterocycles. The van der Waals surface area contributed by atoms with Crippen molar-refractivity contribution in [1.29, 1.82) is 0 Å². The van der Waals surface area contributed by atoms with E-state index < -0.39 is 5.97 Å². The second kappa shape index (κ2) is 13.5. The molecule has 0 saturated carbocycles. The van der Waals surface area contributed by atoms with Crippen molar-refractivity contribution >= 4 is 11.9 Å². The molecule has 0 fully saturated rings. The van der Waals surface area contributed by atoms with Crippen LogP contribution in [0.15, 0.2) is 0 Å². The quantitative estimate of drug-likeness (QED) is 0.302. The van der Waals surface area contributed by atoms with Gasteiger partial charge in [-0.05, 0) is 12.8 Å². The topological polar surface area (TPSA) is 72.7 Å². The van der Waals surface area contributed by atoms with E-state index in [0.29, 0.717) is 32.5 Å². The molecule has 6 heteroatoms. The van der Waals surface area contributed by atoms with Gasteiger partial charge >= 0.3 is 11.9 Å². The van der Waals surface area contributed by atoms with Crippen molar-refractivity contribution in [3.8, 4) is 0 Å². The first-order chi connectivity index (χ1) is 10.5. The third-order valence-corrected chi connectivity index (χ3v) is 3.21. The molecule has 0 aliphatic heterocycles. The molecule has 0 amide bonds. The fourth-order valence-electron chi connectivity index (χ4n) is 2.23. The zero-order valence-electron chi connectivity index (χ0n) is 14.3. The maximum Gasteiger partial charge on any atom is 0.307 e. The Labute approximate surface area is 134 Å². The number of carbonyl (C=O) groups is 2. The van der Waals surface area contributed by atoms with Crippen LogP contribution in [0.4, 0.5) is 0 Å². The number of hydrazine groups is 1. The Morgan fingerprint density at radius 2 is 1.73 bits per heavy atom. The molecule has 0 atom stereocenters. The highest BCUT2D eigenvalue weighted by Crippen LogP contribution is 2.04. The standard InChI is InChI=1S/C16H32N2O4/c1-4-10-17(12-7-8-15(19)20)18(11-5-2)13-9-16(21)22-14-6-3/h4-14H2,1-3H3,(H,19,20)/q+1. The van der Waals surface area contributed by atoms with Crippen molar-refractivity contribution in [3.05, 3.63) is 0 Å². The first kappa shape index (κ1) is 20.9. The second-order valence-corrected chi connectivity index (χ2v) is 5.38. The van der Waals surface area contributed by atoms with E-state index in [9.17, 15) is 9.59 Å². The molecular formula is C16H32N2O4+. The van der Waals surface area contributed by atoms with E-state index in [1.807, 2.05) is 6.92 Å². The molecule has 0 bridgehead atoms. The zero-order chi connectivity index (χ0) is 16.8. The number of carbonyl (C=O) groups excluding carboxylic acids is 1. The molecule has 0 rings (SSSR count). The van der Waals surface area contributed by atoms with Crippen molar-refractivity contribution in [2.75, 3.05) is 32.8 Å². The summed E-state index contributed by atoms with van der Waals surface area (Å²) < 4.78 is 5.11. The summed E-state index contributed by atoms with van der Waals surface area (Å²) in [4.78, 5) is 22.3. The molecule has 129 valence electrons. The maximum absolute atomic E-state index is 11.6. The second-order valence-electron chi connectivity index (χ2n) is 5.38. The lowest BCUT2D eigenvalue weighted by Gasteiger charge is -2.24. The number of aliphatic carboxylic acids is 1. The molecule has 0 aliphatic carbocycles. The van der Waals surface area contributed by atoms with Crippen LogP contribution in [0.2, 0.25) is 0 Å². The summed E-state index contributed by atoms with van der Waals surface area (Å²) in [5.74, 6) is -0.924. The van der Waals surface area contributed by atoms with Gasteiger partial charge in [0, 0.05) is 12.8 Å². The van der Waals surface area contributed by atoms with Crippen LogP contribution in [-0.2, 0) is 14.3 Å². The fraction of sp³-hybridized carbons (Fsp3) is 0.875. The van der Waals surface area contributed by atoms with Gasteiger partial charge in [-0.3, -0.25) is 9.59 Å². The predicted octanol–water partition coefficient (Wildman–Crippen LogP) is 2.37. The summed E-state index contributed by atoms with van der Waals surface area (Å²) in [6, 6.07) is 0. The van der Waals surface area contributed by atoms with Gasteiger partial charge in [-0.25, -0.2) is 0 Å². The van der Waals surface area contributed by atoms with Crippen LogP contribution in [-0.4, -0.2) is 54.8 Å². The van der Waals surface area contributed by atoms with Crippen LogP contribution in [0, 0.1) is 0 Å². The molecule has 0 saturated heterocycles. The molecule has 22 heavy (non-hydrogen) atoms. The number of ether oxygens (including phenoxy) is 1. The minimum absolute atomic E-state index is 0.162. The normalized spacial score (nSPS) is 11.1. The van der Waals surface area contributed by atoms with Crippen molar-refractivity contribution in [1.82, 2.24) is 10.0 Å². The molecule has 0 aromatic carbocycles. The van der Waals surface area contributed by atoms with E-state index in [4.69, 9.17) is 9.84 Å².